The van der Waals surface area contributed by atoms with Crippen molar-refractivity contribution in [2.75, 3.05) is 26.1 Å². The van der Waals surface area contributed by atoms with Gasteiger partial charge in [0.15, 0.2) is 0 Å². The summed E-state index contributed by atoms with van der Waals surface area (Å²) in [6.07, 6.45) is 0.883. The maximum Gasteiger partial charge on any atom is 0.410 e. The number of hydrogen-bond donors (Lipinski definition) is 1. The summed E-state index contributed by atoms with van der Waals surface area (Å²) in [6.45, 7) is 0.677. The lowest BCUT2D eigenvalue weighted by Crippen LogP contribution is -2.43. The molecule has 1 atom stereocenters. The predicted octanol–water partition coefficient (Wildman–Crippen LogP) is 5.11. The summed E-state index contributed by atoms with van der Waals surface area (Å²) in [4.78, 5) is 27.1. The normalized spacial score (nSPS) is 15.0. The fourth-order valence-corrected chi connectivity index (χ4v) is 4.14. The highest BCUT2D eigenvalue weighted by Crippen LogP contribution is 2.38. The third-order valence-corrected chi connectivity index (χ3v) is 5.86. The highest BCUT2D eigenvalue weighted by molar-refractivity contribution is 5.97. The molecule has 1 aliphatic rings. The fourth-order valence-electron chi connectivity index (χ4n) is 4.14. The quantitative estimate of drug-likeness (QED) is 0.530. The summed E-state index contributed by atoms with van der Waals surface area (Å²) >= 11 is 0. The van der Waals surface area contributed by atoms with Gasteiger partial charge in [-0.3, -0.25) is 9.69 Å². The van der Waals surface area contributed by atoms with Gasteiger partial charge in [0, 0.05) is 12.2 Å². The maximum atomic E-state index is 13.0. The molecule has 1 heterocycles. The van der Waals surface area contributed by atoms with E-state index in [1.165, 1.54) is 4.90 Å². The fraction of sp³-hybridized carbons (Fsp3) is 0.259. The van der Waals surface area contributed by atoms with E-state index in [-0.39, 0.29) is 12.5 Å². The monoisotopic (exact) mass is 460 g/mol. The van der Waals surface area contributed by atoms with Gasteiger partial charge in [-0.2, -0.15) is 0 Å². The van der Waals surface area contributed by atoms with Crippen LogP contribution in [0.2, 0.25) is 0 Å². The minimum Gasteiger partial charge on any atom is -0.496 e. The van der Waals surface area contributed by atoms with Gasteiger partial charge >= 0.3 is 6.09 Å². The van der Waals surface area contributed by atoms with Crippen LogP contribution >= 0.6 is 0 Å². The van der Waals surface area contributed by atoms with E-state index in [9.17, 15) is 9.59 Å². The molecule has 176 valence electrons. The topological polar surface area (TPSA) is 77.1 Å². The average Bonchev–Trinajstić information content (AvgIpc) is 3.38. The van der Waals surface area contributed by atoms with Crippen molar-refractivity contribution >= 4 is 17.7 Å². The molecule has 1 N–H and O–H groups in total. The van der Waals surface area contributed by atoms with Crippen molar-refractivity contribution in [3.8, 4) is 22.6 Å². The molecule has 2 amide bonds. The summed E-state index contributed by atoms with van der Waals surface area (Å²) in [5.41, 5.74) is 3.29. The van der Waals surface area contributed by atoms with E-state index in [0.29, 0.717) is 30.2 Å². The molecule has 4 rings (SSSR count). The zero-order valence-corrected chi connectivity index (χ0v) is 19.3. The Morgan fingerprint density at radius 3 is 2.24 bits per heavy atom. The Bertz CT molecular complexity index is 1110. The Balaban J connectivity index is 1.41. The standard InChI is InChI=1S/C27H28N2O5/c1-32-23-11-6-12-24(33-2)25(23)20-13-15-21(16-14-20)28-26(30)22-10-7-17-29(22)27(31)34-18-19-8-4-3-5-9-19/h3-6,8-9,11-16,22H,7,10,17-18H2,1-2H3,(H,28,30). The summed E-state index contributed by atoms with van der Waals surface area (Å²) in [6, 6.07) is 22.0. The third kappa shape index (κ3) is 5.14. The van der Waals surface area contributed by atoms with Crippen LogP contribution in [0.4, 0.5) is 10.5 Å². The van der Waals surface area contributed by atoms with Gasteiger partial charge in [0.2, 0.25) is 5.91 Å². The van der Waals surface area contributed by atoms with Crippen LogP contribution < -0.4 is 14.8 Å². The molecular formula is C27H28N2O5. The number of rotatable bonds is 7. The number of likely N-dealkylation sites (tertiary alicyclic amines) is 1. The SMILES string of the molecule is COc1cccc(OC)c1-c1ccc(NC(=O)C2CCCN2C(=O)OCc2ccccc2)cc1. The number of anilines is 1. The van der Waals surface area contributed by atoms with E-state index in [2.05, 4.69) is 5.32 Å². The van der Waals surface area contributed by atoms with E-state index >= 15 is 0 Å². The molecule has 7 heteroatoms. The van der Waals surface area contributed by atoms with Gasteiger partial charge in [-0.25, -0.2) is 4.79 Å². The van der Waals surface area contributed by atoms with Gasteiger partial charge in [-0.1, -0.05) is 48.5 Å². The lowest BCUT2D eigenvalue weighted by molar-refractivity contribution is -0.120. The zero-order chi connectivity index (χ0) is 23.9. The predicted molar refractivity (Wildman–Crippen MR) is 130 cm³/mol. The number of benzene rings is 3. The second-order valence-electron chi connectivity index (χ2n) is 8.00. The molecule has 1 fully saturated rings. The van der Waals surface area contributed by atoms with Gasteiger partial charge in [0.05, 0.1) is 19.8 Å². The number of carbonyl (C=O) groups is 2. The Labute approximate surface area is 199 Å². The first-order chi connectivity index (χ1) is 16.6. The number of nitrogens with zero attached hydrogens (tertiary/aromatic N) is 1. The highest BCUT2D eigenvalue weighted by Gasteiger charge is 2.35. The molecule has 7 nitrogen and oxygen atoms in total. The van der Waals surface area contributed by atoms with Crippen LogP contribution in [0.25, 0.3) is 11.1 Å². The molecule has 0 saturated carbocycles. The largest absolute Gasteiger partial charge is 0.496 e. The van der Waals surface area contributed by atoms with Crippen LogP contribution in [0.1, 0.15) is 18.4 Å². The minimum atomic E-state index is -0.558. The Morgan fingerprint density at radius 1 is 0.912 bits per heavy atom. The van der Waals surface area contributed by atoms with Crippen molar-refractivity contribution in [2.24, 2.45) is 0 Å². The van der Waals surface area contributed by atoms with E-state index in [4.69, 9.17) is 14.2 Å². The molecule has 34 heavy (non-hydrogen) atoms. The van der Waals surface area contributed by atoms with Crippen molar-refractivity contribution in [3.05, 3.63) is 78.4 Å². The number of amides is 2. The first-order valence-corrected chi connectivity index (χ1v) is 11.2. The number of carbonyl (C=O) groups excluding carboxylic acids is 2. The molecular weight excluding hydrogens is 432 g/mol. The first kappa shape index (κ1) is 23.2. The highest BCUT2D eigenvalue weighted by atomic mass is 16.6. The summed E-state index contributed by atoms with van der Waals surface area (Å²) in [7, 11) is 3.23. The molecule has 1 aliphatic heterocycles. The average molecular weight is 461 g/mol. The molecule has 1 unspecified atom stereocenters. The molecule has 0 aliphatic carbocycles. The van der Waals surface area contributed by atoms with Crippen LogP contribution in [0.3, 0.4) is 0 Å². The number of ether oxygens (including phenoxy) is 3. The molecule has 3 aromatic carbocycles. The molecule has 1 saturated heterocycles. The minimum absolute atomic E-state index is 0.179. The molecule has 0 aromatic heterocycles. The lowest BCUT2D eigenvalue weighted by Gasteiger charge is -2.23. The smallest absolute Gasteiger partial charge is 0.410 e. The van der Waals surface area contributed by atoms with Crippen molar-refractivity contribution in [2.45, 2.75) is 25.5 Å². The molecule has 0 radical (unpaired) electrons. The van der Waals surface area contributed by atoms with Crippen molar-refractivity contribution in [1.29, 1.82) is 0 Å². The van der Waals surface area contributed by atoms with Crippen LogP contribution in [-0.4, -0.2) is 43.7 Å². The van der Waals surface area contributed by atoms with E-state index in [1.54, 1.807) is 14.2 Å². The van der Waals surface area contributed by atoms with Gasteiger partial charge < -0.3 is 19.5 Å². The van der Waals surface area contributed by atoms with Crippen molar-refractivity contribution < 1.29 is 23.8 Å². The lowest BCUT2D eigenvalue weighted by atomic mass is 10.0. The number of nitrogens with one attached hydrogen (secondary N) is 1. The molecule has 3 aromatic rings. The maximum absolute atomic E-state index is 13.0. The second-order valence-corrected chi connectivity index (χ2v) is 8.00. The third-order valence-electron chi connectivity index (χ3n) is 5.86. The Hall–Kier alpha value is -4.00. The zero-order valence-electron chi connectivity index (χ0n) is 19.3. The van der Waals surface area contributed by atoms with Crippen LogP contribution in [0.15, 0.2) is 72.8 Å². The van der Waals surface area contributed by atoms with Crippen molar-refractivity contribution in [3.63, 3.8) is 0 Å². The van der Waals surface area contributed by atoms with Crippen LogP contribution in [0, 0.1) is 0 Å². The first-order valence-electron chi connectivity index (χ1n) is 11.2. The summed E-state index contributed by atoms with van der Waals surface area (Å²) in [5, 5.41) is 2.93. The van der Waals surface area contributed by atoms with Gasteiger partial charge in [0.25, 0.3) is 0 Å². The van der Waals surface area contributed by atoms with Gasteiger partial charge in [0.1, 0.15) is 24.1 Å². The summed E-state index contributed by atoms with van der Waals surface area (Å²) in [5.74, 6) is 1.18. The van der Waals surface area contributed by atoms with Crippen LogP contribution in [-0.2, 0) is 16.1 Å². The molecule has 0 spiro atoms. The van der Waals surface area contributed by atoms with Gasteiger partial charge in [-0.15, -0.1) is 0 Å². The van der Waals surface area contributed by atoms with E-state index in [0.717, 1.165) is 23.1 Å². The second kappa shape index (κ2) is 10.7. The number of hydrogen-bond acceptors (Lipinski definition) is 5. The van der Waals surface area contributed by atoms with Crippen molar-refractivity contribution in [1.82, 2.24) is 4.90 Å². The van der Waals surface area contributed by atoms with Crippen LogP contribution in [0.5, 0.6) is 11.5 Å². The van der Waals surface area contributed by atoms with Gasteiger partial charge in [-0.05, 0) is 48.2 Å². The molecule has 0 bridgehead atoms. The van der Waals surface area contributed by atoms with E-state index in [1.807, 2.05) is 72.8 Å². The summed E-state index contributed by atoms with van der Waals surface area (Å²) < 4.78 is 16.4. The van der Waals surface area contributed by atoms with E-state index < -0.39 is 12.1 Å². The Morgan fingerprint density at radius 2 is 1.59 bits per heavy atom. The Kier molecular flexibility index (Phi) is 7.32. The number of methoxy groups -OCH3 is 2.